The van der Waals surface area contributed by atoms with Crippen LogP contribution in [0.2, 0.25) is 0 Å². The van der Waals surface area contributed by atoms with Gasteiger partial charge in [-0.15, -0.1) is 0 Å². The lowest BCUT2D eigenvalue weighted by molar-refractivity contribution is 0.261. The minimum Gasteiger partial charge on any atom is -0.0952 e. The number of allylic oxidation sites excluding steroid dienone is 5. The molecule has 0 atom stereocenters. The van der Waals surface area contributed by atoms with Gasteiger partial charge in [-0.25, -0.2) is 0 Å². The van der Waals surface area contributed by atoms with Gasteiger partial charge < -0.3 is 0 Å². The van der Waals surface area contributed by atoms with Crippen LogP contribution < -0.4 is 0 Å². The second kappa shape index (κ2) is 7.00. The molecule has 2 aliphatic carbocycles. The Morgan fingerprint density at radius 3 is 2.48 bits per heavy atom. The summed E-state index contributed by atoms with van der Waals surface area (Å²) >= 11 is 0. The molecule has 0 nitrogen and oxygen atoms in total. The van der Waals surface area contributed by atoms with Gasteiger partial charge >= 0.3 is 0 Å². The number of aryl methyl sites for hydroxylation is 1. The van der Waals surface area contributed by atoms with Crippen molar-refractivity contribution in [2.75, 3.05) is 0 Å². The number of rotatable bonds is 4. The first-order valence-corrected chi connectivity index (χ1v) is 10.3. The fourth-order valence-corrected chi connectivity index (χ4v) is 4.84. The topological polar surface area (TPSA) is 0 Å². The van der Waals surface area contributed by atoms with Crippen LogP contribution in [0.25, 0.3) is 16.7 Å². The van der Waals surface area contributed by atoms with E-state index in [4.69, 9.17) is 0 Å². The highest BCUT2D eigenvalue weighted by Crippen LogP contribution is 2.46. The molecule has 4 rings (SSSR count). The van der Waals surface area contributed by atoms with Crippen LogP contribution in [0.4, 0.5) is 0 Å². The van der Waals surface area contributed by atoms with Gasteiger partial charge in [0.15, 0.2) is 0 Å². The average molecular weight is 355 g/mol. The van der Waals surface area contributed by atoms with E-state index in [-0.39, 0.29) is 0 Å². The van der Waals surface area contributed by atoms with Crippen molar-refractivity contribution in [1.29, 1.82) is 0 Å². The lowest BCUT2D eigenvalue weighted by Crippen LogP contribution is -2.26. The molecule has 0 heterocycles. The number of hydrogen-bond acceptors (Lipinski definition) is 0. The van der Waals surface area contributed by atoms with Gasteiger partial charge in [-0.2, -0.15) is 0 Å². The Morgan fingerprint density at radius 1 is 0.963 bits per heavy atom. The summed E-state index contributed by atoms with van der Waals surface area (Å²) in [5.41, 5.74) is 11.5. The van der Waals surface area contributed by atoms with Gasteiger partial charge in [0, 0.05) is 0 Å². The van der Waals surface area contributed by atoms with Crippen molar-refractivity contribution in [2.24, 2.45) is 5.41 Å². The summed E-state index contributed by atoms with van der Waals surface area (Å²) in [6.45, 7) is 11.3. The first kappa shape index (κ1) is 18.0. The molecule has 0 amide bonds. The minimum atomic E-state index is 0.414. The summed E-state index contributed by atoms with van der Waals surface area (Å²) < 4.78 is 0. The lowest BCUT2D eigenvalue weighted by atomic mass is 9.66. The van der Waals surface area contributed by atoms with Crippen LogP contribution in [-0.4, -0.2) is 0 Å². The largest absolute Gasteiger partial charge is 0.0952 e. The fraction of sp³-hybridized carbons (Fsp3) is 0.333. The predicted molar refractivity (Wildman–Crippen MR) is 119 cm³/mol. The molecule has 27 heavy (non-hydrogen) atoms. The molecule has 0 aliphatic heterocycles. The van der Waals surface area contributed by atoms with E-state index in [1.54, 1.807) is 0 Å². The van der Waals surface area contributed by atoms with E-state index in [0.29, 0.717) is 5.41 Å². The van der Waals surface area contributed by atoms with Crippen LogP contribution in [0.1, 0.15) is 67.3 Å². The molecule has 0 aromatic heterocycles. The van der Waals surface area contributed by atoms with Gasteiger partial charge in [0.1, 0.15) is 0 Å². The van der Waals surface area contributed by atoms with Gasteiger partial charge in [0.25, 0.3) is 0 Å². The summed E-state index contributed by atoms with van der Waals surface area (Å²) in [6, 6.07) is 15.7. The van der Waals surface area contributed by atoms with E-state index >= 15 is 0 Å². The standard InChI is InChI=1S/C27H30/c1-5-27(6-2)17-20(4)26-16-22(12-14-24(26)18-27)21-11-13-23(15-21)25-10-8-7-9-19(25)3/h7-10,12-16H,4-6,11,17-18H2,1-3H3. The molecule has 0 radical (unpaired) electrons. The zero-order valence-corrected chi connectivity index (χ0v) is 16.9. The Morgan fingerprint density at radius 2 is 1.74 bits per heavy atom. The maximum absolute atomic E-state index is 4.46. The Hall–Kier alpha value is -2.34. The monoisotopic (exact) mass is 354 g/mol. The summed E-state index contributed by atoms with van der Waals surface area (Å²) in [6.07, 6.45) is 10.6. The van der Waals surface area contributed by atoms with E-state index in [9.17, 15) is 0 Å². The number of fused-ring (bicyclic) bond motifs is 1. The van der Waals surface area contributed by atoms with Crippen LogP contribution in [0.15, 0.2) is 61.2 Å². The highest BCUT2D eigenvalue weighted by molar-refractivity contribution is 5.90. The summed E-state index contributed by atoms with van der Waals surface area (Å²) in [7, 11) is 0. The maximum Gasteiger partial charge on any atom is -0.00821 e. The van der Waals surface area contributed by atoms with E-state index in [1.807, 2.05) is 0 Å². The average Bonchev–Trinajstić information content (AvgIpc) is 3.18. The third-order valence-corrected chi connectivity index (χ3v) is 6.84. The quantitative estimate of drug-likeness (QED) is 0.529. The Balaban J connectivity index is 1.65. The molecule has 0 spiro atoms. The van der Waals surface area contributed by atoms with Crippen molar-refractivity contribution < 1.29 is 0 Å². The zero-order chi connectivity index (χ0) is 19.0. The van der Waals surface area contributed by atoms with Crippen LogP contribution in [0, 0.1) is 12.3 Å². The fourth-order valence-electron chi connectivity index (χ4n) is 4.84. The molecular formula is C27H30. The molecule has 2 aromatic rings. The van der Waals surface area contributed by atoms with E-state index in [1.165, 1.54) is 63.8 Å². The van der Waals surface area contributed by atoms with Crippen LogP contribution in [0.5, 0.6) is 0 Å². The molecule has 2 aliphatic rings. The SMILES string of the molecule is C=C1CC(CC)(CC)Cc2ccc(C3=CC(c4ccccc4C)=CC3)cc21. The molecule has 0 saturated heterocycles. The predicted octanol–water partition coefficient (Wildman–Crippen LogP) is 7.63. The Bertz CT molecular complexity index is 948. The van der Waals surface area contributed by atoms with E-state index in [2.05, 4.69) is 82.0 Å². The molecule has 0 saturated carbocycles. The van der Waals surface area contributed by atoms with Crippen molar-refractivity contribution in [1.82, 2.24) is 0 Å². The summed E-state index contributed by atoms with van der Waals surface area (Å²) in [5, 5.41) is 0. The summed E-state index contributed by atoms with van der Waals surface area (Å²) in [4.78, 5) is 0. The van der Waals surface area contributed by atoms with Crippen molar-refractivity contribution in [3.8, 4) is 0 Å². The van der Waals surface area contributed by atoms with Crippen LogP contribution in [-0.2, 0) is 6.42 Å². The zero-order valence-electron chi connectivity index (χ0n) is 16.9. The molecule has 2 aromatic carbocycles. The summed E-state index contributed by atoms with van der Waals surface area (Å²) in [5.74, 6) is 0. The molecular weight excluding hydrogens is 324 g/mol. The van der Waals surface area contributed by atoms with E-state index in [0.717, 1.165) is 12.8 Å². The van der Waals surface area contributed by atoms with Crippen molar-refractivity contribution in [2.45, 2.75) is 52.9 Å². The number of benzene rings is 2. The second-order valence-corrected chi connectivity index (χ2v) is 8.38. The van der Waals surface area contributed by atoms with Gasteiger partial charge in [0.05, 0.1) is 0 Å². The molecule has 138 valence electrons. The van der Waals surface area contributed by atoms with Crippen LogP contribution in [0.3, 0.4) is 0 Å². The molecule has 0 heteroatoms. The maximum atomic E-state index is 4.46. The smallest absolute Gasteiger partial charge is 0.00821 e. The highest BCUT2D eigenvalue weighted by Gasteiger charge is 2.33. The number of hydrogen-bond donors (Lipinski definition) is 0. The molecule has 0 unspecified atom stereocenters. The third kappa shape index (κ3) is 3.23. The first-order chi connectivity index (χ1) is 13.0. The molecule has 0 bridgehead atoms. The third-order valence-electron chi connectivity index (χ3n) is 6.84. The van der Waals surface area contributed by atoms with E-state index < -0.39 is 0 Å². The van der Waals surface area contributed by atoms with Gasteiger partial charge in [-0.3, -0.25) is 0 Å². The second-order valence-electron chi connectivity index (χ2n) is 8.38. The van der Waals surface area contributed by atoms with Crippen molar-refractivity contribution in [3.63, 3.8) is 0 Å². The highest BCUT2D eigenvalue weighted by atomic mass is 14.4. The lowest BCUT2D eigenvalue weighted by Gasteiger charge is -2.38. The van der Waals surface area contributed by atoms with Crippen molar-refractivity contribution in [3.05, 3.63) is 89.0 Å². The van der Waals surface area contributed by atoms with Gasteiger partial charge in [-0.1, -0.05) is 69.0 Å². The van der Waals surface area contributed by atoms with Crippen LogP contribution >= 0.6 is 0 Å². The minimum absolute atomic E-state index is 0.414. The normalized spacial score (nSPS) is 18.1. The van der Waals surface area contributed by atoms with Gasteiger partial charge in [0.2, 0.25) is 0 Å². The van der Waals surface area contributed by atoms with Crippen molar-refractivity contribution >= 4 is 16.7 Å². The Kier molecular flexibility index (Phi) is 4.68. The van der Waals surface area contributed by atoms with Gasteiger partial charge in [-0.05, 0) is 95.0 Å². The first-order valence-electron chi connectivity index (χ1n) is 10.3. The molecule has 0 N–H and O–H groups in total. The Labute approximate surface area is 164 Å². The molecule has 0 fully saturated rings.